The van der Waals surface area contributed by atoms with Crippen molar-refractivity contribution in [3.05, 3.63) is 28.8 Å². The van der Waals surface area contributed by atoms with Gasteiger partial charge < -0.3 is 10.2 Å². The summed E-state index contributed by atoms with van der Waals surface area (Å²) in [7, 11) is 2.21. The first kappa shape index (κ1) is 14.3. The van der Waals surface area contributed by atoms with Crippen molar-refractivity contribution in [3.63, 3.8) is 0 Å². The Morgan fingerprint density at radius 1 is 1.27 bits per heavy atom. The van der Waals surface area contributed by atoms with Crippen LogP contribution in [-0.4, -0.2) is 55.4 Å². The highest BCUT2D eigenvalue weighted by Crippen LogP contribution is 2.33. The number of hydrogen-bond acceptors (Lipinski definition) is 5. The highest BCUT2D eigenvalue weighted by Gasteiger charge is 2.21. The third kappa shape index (κ3) is 2.81. The van der Waals surface area contributed by atoms with Gasteiger partial charge in [0.2, 0.25) is 0 Å². The van der Waals surface area contributed by atoms with Gasteiger partial charge >= 0.3 is 0 Å². The van der Waals surface area contributed by atoms with Crippen molar-refractivity contribution >= 4 is 27.3 Å². The van der Waals surface area contributed by atoms with Gasteiger partial charge in [0, 0.05) is 19.0 Å². The monoisotopic (exact) mass is 314 g/mol. The van der Waals surface area contributed by atoms with Gasteiger partial charge in [0.05, 0.1) is 27.5 Å². The zero-order chi connectivity index (χ0) is 14.9. The average Bonchev–Trinajstić information content (AvgIpc) is 2.99. The molecular formula is C17H22N4S. The number of fused-ring (bicyclic) bond motifs is 1. The minimum absolute atomic E-state index is 0.644. The maximum atomic E-state index is 4.94. The summed E-state index contributed by atoms with van der Waals surface area (Å²) < 4.78 is 1.31. The van der Waals surface area contributed by atoms with E-state index < -0.39 is 0 Å². The standard InChI is InChI=1S/C17H22N4S/c1-21-8-4-12(5-9-21)17-20-14-10-13(2-3-16(14)22-17)15-11-18-6-7-19-15/h2-3,10,12,18H,4-9,11H2,1H3. The van der Waals surface area contributed by atoms with E-state index in [1.54, 1.807) is 0 Å². The molecule has 0 aliphatic carbocycles. The van der Waals surface area contributed by atoms with Crippen molar-refractivity contribution in [2.24, 2.45) is 4.99 Å². The molecule has 1 saturated heterocycles. The van der Waals surface area contributed by atoms with Gasteiger partial charge in [0.25, 0.3) is 0 Å². The summed E-state index contributed by atoms with van der Waals surface area (Å²) in [5.74, 6) is 0.644. The van der Waals surface area contributed by atoms with E-state index in [-0.39, 0.29) is 0 Å². The molecule has 2 aliphatic heterocycles. The van der Waals surface area contributed by atoms with Crippen molar-refractivity contribution in [1.82, 2.24) is 15.2 Å². The number of aliphatic imine (C=N–C) groups is 1. The predicted molar refractivity (Wildman–Crippen MR) is 93.4 cm³/mol. The van der Waals surface area contributed by atoms with Gasteiger partial charge in [-0.05, 0) is 50.7 Å². The Hall–Kier alpha value is -1.30. The summed E-state index contributed by atoms with van der Waals surface area (Å²) >= 11 is 1.88. The molecule has 0 radical (unpaired) electrons. The number of thiazole rings is 1. The first-order chi connectivity index (χ1) is 10.8. The highest BCUT2D eigenvalue weighted by atomic mass is 32.1. The molecule has 4 rings (SSSR count). The molecule has 1 fully saturated rings. The summed E-state index contributed by atoms with van der Waals surface area (Å²) in [4.78, 5) is 12.0. The molecule has 0 spiro atoms. The van der Waals surface area contributed by atoms with Gasteiger partial charge in [-0.1, -0.05) is 6.07 Å². The van der Waals surface area contributed by atoms with Crippen LogP contribution < -0.4 is 5.32 Å². The number of nitrogens with one attached hydrogen (secondary N) is 1. The van der Waals surface area contributed by atoms with Crippen LogP contribution in [0.3, 0.4) is 0 Å². The third-order valence-corrected chi connectivity index (χ3v) is 5.89. The fourth-order valence-corrected chi connectivity index (χ4v) is 4.40. The lowest BCUT2D eigenvalue weighted by atomic mass is 9.98. The SMILES string of the molecule is CN1CCC(c2nc3cc(C4=NCCNC4)ccc3s2)CC1. The molecule has 0 saturated carbocycles. The molecule has 0 bridgehead atoms. The number of piperidine rings is 1. The van der Waals surface area contributed by atoms with Gasteiger partial charge in [-0.3, -0.25) is 4.99 Å². The van der Waals surface area contributed by atoms with E-state index >= 15 is 0 Å². The van der Waals surface area contributed by atoms with Crippen LogP contribution in [0.4, 0.5) is 0 Å². The Kier molecular flexibility index (Phi) is 3.94. The maximum Gasteiger partial charge on any atom is 0.0970 e. The largest absolute Gasteiger partial charge is 0.309 e. The highest BCUT2D eigenvalue weighted by molar-refractivity contribution is 7.18. The lowest BCUT2D eigenvalue weighted by molar-refractivity contribution is 0.255. The molecule has 22 heavy (non-hydrogen) atoms. The van der Waals surface area contributed by atoms with E-state index in [2.05, 4.69) is 40.5 Å². The Labute approximate surface area is 135 Å². The third-order valence-electron chi connectivity index (χ3n) is 4.69. The predicted octanol–water partition coefficient (Wildman–Crippen LogP) is 2.50. The van der Waals surface area contributed by atoms with Gasteiger partial charge in [0.15, 0.2) is 0 Å². The van der Waals surface area contributed by atoms with Crippen LogP contribution in [0.25, 0.3) is 10.2 Å². The molecule has 4 nitrogen and oxygen atoms in total. The normalized spacial score (nSPS) is 21.2. The molecule has 116 valence electrons. The second-order valence-electron chi connectivity index (χ2n) is 6.32. The van der Waals surface area contributed by atoms with Crippen molar-refractivity contribution in [2.75, 3.05) is 39.8 Å². The first-order valence-electron chi connectivity index (χ1n) is 8.13. The van der Waals surface area contributed by atoms with Crippen LogP contribution in [0.5, 0.6) is 0 Å². The maximum absolute atomic E-state index is 4.94. The zero-order valence-corrected chi connectivity index (χ0v) is 13.8. The number of nitrogens with zero attached hydrogens (tertiary/aromatic N) is 3. The molecular weight excluding hydrogens is 292 g/mol. The van der Waals surface area contributed by atoms with Gasteiger partial charge in [-0.2, -0.15) is 0 Å². The molecule has 1 aromatic heterocycles. The van der Waals surface area contributed by atoms with E-state index in [1.807, 2.05) is 11.3 Å². The number of hydrogen-bond donors (Lipinski definition) is 1. The van der Waals surface area contributed by atoms with Crippen molar-refractivity contribution in [2.45, 2.75) is 18.8 Å². The van der Waals surface area contributed by atoms with Crippen LogP contribution in [0.1, 0.15) is 29.3 Å². The van der Waals surface area contributed by atoms with E-state index in [1.165, 1.54) is 46.9 Å². The number of rotatable bonds is 2. The smallest absolute Gasteiger partial charge is 0.0970 e. The van der Waals surface area contributed by atoms with Crippen molar-refractivity contribution < 1.29 is 0 Å². The van der Waals surface area contributed by atoms with Crippen molar-refractivity contribution in [1.29, 1.82) is 0 Å². The zero-order valence-electron chi connectivity index (χ0n) is 13.0. The van der Waals surface area contributed by atoms with E-state index in [0.29, 0.717) is 5.92 Å². The second kappa shape index (κ2) is 6.07. The fourth-order valence-electron chi connectivity index (χ4n) is 3.28. The van der Waals surface area contributed by atoms with Gasteiger partial charge in [-0.15, -0.1) is 11.3 Å². The van der Waals surface area contributed by atoms with Gasteiger partial charge in [0.1, 0.15) is 0 Å². The molecule has 0 atom stereocenters. The molecule has 0 unspecified atom stereocenters. The summed E-state index contributed by atoms with van der Waals surface area (Å²) in [6.45, 7) is 5.12. The number of likely N-dealkylation sites (tertiary alicyclic amines) is 1. The van der Waals surface area contributed by atoms with Crippen molar-refractivity contribution in [3.8, 4) is 0 Å². The van der Waals surface area contributed by atoms with E-state index in [0.717, 1.165) is 25.2 Å². The topological polar surface area (TPSA) is 40.5 Å². The Morgan fingerprint density at radius 2 is 2.14 bits per heavy atom. The van der Waals surface area contributed by atoms with Crippen LogP contribution in [0, 0.1) is 0 Å². The molecule has 0 amide bonds. The Balaban J connectivity index is 1.62. The molecule has 1 aromatic carbocycles. The summed E-state index contributed by atoms with van der Waals surface area (Å²) in [5.41, 5.74) is 3.53. The quantitative estimate of drug-likeness (QED) is 0.926. The van der Waals surface area contributed by atoms with E-state index in [9.17, 15) is 0 Å². The molecule has 2 aromatic rings. The summed E-state index contributed by atoms with van der Waals surface area (Å²) in [5, 5.41) is 4.71. The Morgan fingerprint density at radius 3 is 2.91 bits per heavy atom. The molecule has 5 heteroatoms. The molecule has 2 aliphatic rings. The fraction of sp³-hybridized carbons (Fsp3) is 0.529. The van der Waals surface area contributed by atoms with Crippen LogP contribution in [-0.2, 0) is 0 Å². The minimum Gasteiger partial charge on any atom is -0.309 e. The number of aromatic nitrogens is 1. The van der Waals surface area contributed by atoms with Crippen LogP contribution >= 0.6 is 11.3 Å². The lowest BCUT2D eigenvalue weighted by Gasteiger charge is -2.27. The summed E-state index contributed by atoms with van der Waals surface area (Å²) in [6, 6.07) is 6.64. The van der Waals surface area contributed by atoms with Crippen LogP contribution in [0.15, 0.2) is 23.2 Å². The lowest BCUT2D eigenvalue weighted by Crippen LogP contribution is -2.31. The van der Waals surface area contributed by atoms with Crippen LogP contribution in [0.2, 0.25) is 0 Å². The average molecular weight is 314 g/mol. The first-order valence-corrected chi connectivity index (χ1v) is 8.95. The summed E-state index contributed by atoms with van der Waals surface area (Å²) in [6.07, 6.45) is 2.47. The minimum atomic E-state index is 0.644. The van der Waals surface area contributed by atoms with E-state index in [4.69, 9.17) is 4.98 Å². The van der Waals surface area contributed by atoms with Gasteiger partial charge in [-0.25, -0.2) is 4.98 Å². The molecule has 1 N–H and O–H groups in total. The second-order valence-corrected chi connectivity index (χ2v) is 7.38. The number of benzene rings is 1. The molecule has 3 heterocycles. The Bertz CT molecular complexity index is 698.